The van der Waals surface area contributed by atoms with Gasteiger partial charge in [-0.1, -0.05) is 36.4 Å². The highest BCUT2D eigenvalue weighted by Gasteiger charge is 2.12. The van der Waals surface area contributed by atoms with Gasteiger partial charge in [0.05, 0.1) is 16.6 Å². The van der Waals surface area contributed by atoms with Crippen molar-refractivity contribution >= 4 is 22.5 Å². The van der Waals surface area contributed by atoms with E-state index in [9.17, 15) is 9.59 Å². The summed E-state index contributed by atoms with van der Waals surface area (Å²) in [5.74, 6) is 0.405. The second-order valence-corrected chi connectivity index (χ2v) is 6.64. The molecule has 1 N–H and O–H groups in total. The van der Waals surface area contributed by atoms with E-state index in [4.69, 9.17) is 0 Å². The smallest absolute Gasteiger partial charge is 0.265 e. The number of nitrogens with zero attached hydrogens (tertiary/aromatic N) is 2. The molecule has 0 spiro atoms. The van der Waals surface area contributed by atoms with Crippen LogP contribution in [-0.4, -0.2) is 15.5 Å². The van der Waals surface area contributed by atoms with Crippen LogP contribution in [0.1, 0.15) is 21.7 Å². The standard InChI is InChI=1S/C23H19N3O2/c1-15-8-3-4-11-19(15)22(27)25-17-9-7-10-18(14-17)26-16(2)24-21-13-6-5-12-20(21)23(26)28/h3-14H,1-2H3,(H,25,27). The minimum absolute atomic E-state index is 0.134. The van der Waals surface area contributed by atoms with Crippen molar-refractivity contribution in [2.45, 2.75) is 13.8 Å². The molecule has 138 valence electrons. The molecule has 5 heteroatoms. The lowest BCUT2D eigenvalue weighted by molar-refractivity contribution is 0.102. The third-order valence-corrected chi connectivity index (χ3v) is 4.70. The van der Waals surface area contributed by atoms with Crippen molar-refractivity contribution < 1.29 is 4.79 Å². The molecule has 4 aromatic rings. The SMILES string of the molecule is Cc1ccccc1C(=O)Nc1cccc(-n2c(C)nc3ccccc3c2=O)c1. The zero-order chi connectivity index (χ0) is 19.7. The summed E-state index contributed by atoms with van der Waals surface area (Å²) in [7, 11) is 0. The zero-order valence-corrected chi connectivity index (χ0v) is 15.6. The second-order valence-electron chi connectivity index (χ2n) is 6.64. The summed E-state index contributed by atoms with van der Waals surface area (Å²) in [6.45, 7) is 3.70. The van der Waals surface area contributed by atoms with Crippen LogP contribution in [0.4, 0.5) is 5.69 Å². The van der Waals surface area contributed by atoms with Gasteiger partial charge in [-0.2, -0.15) is 0 Å². The summed E-state index contributed by atoms with van der Waals surface area (Å²) in [5.41, 5.74) is 3.33. The van der Waals surface area contributed by atoms with Crippen molar-refractivity contribution in [3.05, 3.63) is 100 Å². The molecular formula is C23H19N3O2. The quantitative estimate of drug-likeness (QED) is 0.587. The van der Waals surface area contributed by atoms with E-state index in [1.807, 2.05) is 55.5 Å². The van der Waals surface area contributed by atoms with Crippen LogP contribution in [0.5, 0.6) is 0 Å². The Morgan fingerprint density at radius 1 is 0.929 bits per heavy atom. The zero-order valence-electron chi connectivity index (χ0n) is 15.6. The van der Waals surface area contributed by atoms with Crippen LogP contribution in [-0.2, 0) is 0 Å². The number of benzene rings is 3. The molecule has 0 bridgehead atoms. The van der Waals surface area contributed by atoms with Crippen LogP contribution < -0.4 is 10.9 Å². The number of para-hydroxylation sites is 1. The Hall–Kier alpha value is -3.73. The molecule has 4 rings (SSSR count). The van der Waals surface area contributed by atoms with E-state index >= 15 is 0 Å². The Morgan fingerprint density at radius 3 is 2.50 bits per heavy atom. The predicted molar refractivity (Wildman–Crippen MR) is 111 cm³/mol. The molecular weight excluding hydrogens is 350 g/mol. The Labute approximate surface area is 162 Å². The normalized spacial score (nSPS) is 10.8. The minimum atomic E-state index is -0.184. The first-order valence-electron chi connectivity index (χ1n) is 9.00. The van der Waals surface area contributed by atoms with Crippen LogP contribution in [0.3, 0.4) is 0 Å². The van der Waals surface area contributed by atoms with Crippen molar-refractivity contribution in [3.8, 4) is 5.69 Å². The highest BCUT2D eigenvalue weighted by atomic mass is 16.1. The number of carbonyl (C=O) groups excluding carboxylic acids is 1. The average Bonchev–Trinajstić information content (AvgIpc) is 2.68. The first-order valence-corrected chi connectivity index (χ1v) is 9.00. The lowest BCUT2D eigenvalue weighted by atomic mass is 10.1. The Balaban J connectivity index is 1.74. The number of carbonyl (C=O) groups is 1. The van der Waals surface area contributed by atoms with Gasteiger partial charge in [0.25, 0.3) is 11.5 Å². The second kappa shape index (κ2) is 7.12. The van der Waals surface area contributed by atoms with Gasteiger partial charge in [-0.25, -0.2) is 4.98 Å². The molecule has 0 radical (unpaired) electrons. The Morgan fingerprint density at radius 2 is 1.68 bits per heavy atom. The number of fused-ring (bicyclic) bond motifs is 1. The minimum Gasteiger partial charge on any atom is -0.322 e. The fourth-order valence-corrected chi connectivity index (χ4v) is 3.30. The maximum Gasteiger partial charge on any atom is 0.265 e. The van der Waals surface area contributed by atoms with Gasteiger partial charge in [0, 0.05) is 11.3 Å². The van der Waals surface area contributed by atoms with Crippen LogP contribution in [0.2, 0.25) is 0 Å². The number of hydrogen-bond donors (Lipinski definition) is 1. The number of aryl methyl sites for hydroxylation is 2. The topological polar surface area (TPSA) is 64.0 Å². The molecule has 0 saturated carbocycles. The van der Waals surface area contributed by atoms with E-state index < -0.39 is 0 Å². The van der Waals surface area contributed by atoms with Crippen LogP contribution in [0, 0.1) is 13.8 Å². The molecule has 1 amide bonds. The van der Waals surface area contributed by atoms with Gasteiger partial charge in [-0.3, -0.25) is 14.2 Å². The molecule has 0 fully saturated rings. The van der Waals surface area contributed by atoms with Crippen LogP contribution in [0.25, 0.3) is 16.6 Å². The molecule has 1 heterocycles. The molecule has 0 atom stereocenters. The van der Waals surface area contributed by atoms with Crippen LogP contribution >= 0.6 is 0 Å². The van der Waals surface area contributed by atoms with E-state index in [1.54, 1.807) is 35.8 Å². The molecule has 0 saturated heterocycles. The van der Waals surface area contributed by atoms with Gasteiger partial charge < -0.3 is 5.32 Å². The fraction of sp³-hybridized carbons (Fsp3) is 0.0870. The van der Waals surface area contributed by atoms with Gasteiger partial charge in [0.2, 0.25) is 0 Å². The molecule has 0 aliphatic carbocycles. The van der Waals surface area contributed by atoms with E-state index in [2.05, 4.69) is 10.3 Å². The Bertz CT molecular complexity index is 1260. The van der Waals surface area contributed by atoms with Gasteiger partial charge in [-0.15, -0.1) is 0 Å². The van der Waals surface area contributed by atoms with Gasteiger partial charge in [-0.05, 0) is 55.8 Å². The summed E-state index contributed by atoms with van der Waals surface area (Å²) in [6, 6.07) is 21.9. The molecule has 28 heavy (non-hydrogen) atoms. The Kier molecular flexibility index (Phi) is 4.49. The fourth-order valence-electron chi connectivity index (χ4n) is 3.30. The van der Waals surface area contributed by atoms with Gasteiger partial charge >= 0.3 is 0 Å². The highest BCUT2D eigenvalue weighted by molar-refractivity contribution is 6.05. The summed E-state index contributed by atoms with van der Waals surface area (Å²) in [4.78, 5) is 30.1. The first-order chi connectivity index (χ1) is 13.5. The molecule has 0 aliphatic rings. The van der Waals surface area contributed by atoms with Crippen molar-refractivity contribution in [2.75, 3.05) is 5.32 Å². The van der Waals surface area contributed by atoms with Gasteiger partial charge in [0.1, 0.15) is 5.82 Å². The molecule has 3 aromatic carbocycles. The summed E-state index contributed by atoms with van der Waals surface area (Å²) in [5, 5.41) is 3.47. The van der Waals surface area contributed by atoms with Crippen LogP contribution in [0.15, 0.2) is 77.6 Å². The van der Waals surface area contributed by atoms with Crippen molar-refractivity contribution in [3.63, 3.8) is 0 Å². The maximum atomic E-state index is 13.0. The number of aromatic nitrogens is 2. The van der Waals surface area contributed by atoms with Crippen molar-refractivity contribution in [1.82, 2.24) is 9.55 Å². The van der Waals surface area contributed by atoms with E-state index in [0.29, 0.717) is 33.7 Å². The largest absolute Gasteiger partial charge is 0.322 e. The number of rotatable bonds is 3. The number of hydrogen-bond acceptors (Lipinski definition) is 3. The lowest BCUT2D eigenvalue weighted by Crippen LogP contribution is -2.22. The van der Waals surface area contributed by atoms with E-state index in [1.165, 1.54) is 0 Å². The summed E-state index contributed by atoms with van der Waals surface area (Å²) in [6.07, 6.45) is 0. The molecule has 1 aromatic heterocycles. The van der Waals surface area contributed by atoms with Gasteiger partial charge in [0.15, 0.2) is 0 Å². The number of anilines is 1. The number of nitrogens with one attached hydrogen (secondary N) is 1. The summed E-state index contributed by atoms with van der Waals surface area (Å²) >= 11 is 0. The summed E-state index contributed by atoms with van der Waals surface area (Å²) < 4.78 is 1.56. The molecule has 0 unspecified atom stereocenters. The average molecular weight is 369 g/mol. The van der Waals surface area contributed by atoms with Crippen molar-refractivity contribution in [1.29, 1.82) is 0 Å². The first kappa shape index (κ1) is 17.7. The monoisotopic (exact) mass is 369 g/mol. The highest BCUT2D eigenvalue weighted by Crippen LogP contribution is 2.18. The van der Waals surface area contributed by atoms with E-state index in [-0.39, 0.29) is 11.5 Å². The third kappa shape index (κ3) is 3.18. The molecule has 5 nitrogen and oxygen atoms in total. The third-order valence-electron chi connectivity index (χ3n) is 4.70. The predicted octanol–water partition coefficient (Wildman–Crippen LogP) is 4.25. The lowest BCUT2D eigenvalue weighted by Gasteiger charge is -2.13. The number of amides is 1. The maximum absolute atomic E-state index is 13.0. The van der Waals surface area contributed by atoms with E-state index in [0.717, 1.165) is 5.56 Å². The molecule has 0 aliphatic heterocycles. The van der Waals surface area contributed by atoms with Crippen molar-refractivity contribution in [2.24, 2.45) is 0 Å².